The number of anilines is 1. The summed E-state index contributed by atoms with van der Waals surface area (Å²) in [6.45, 7) is 0. The van der Waals surface area contributed by atoms with Crippen molar-refractivity contribution in [1.82, 2.24) is 9.97 Å². The molecule has 6 heteroatoms. The Labute approximate surface area is 107 Å². The van der Waals surface area contributed by atoms with Crippen LogP contribution in [0.1, 0.15) is 11.3 Å². The van der Waals surface area contributed by atoms with Crippen LogP contribution < -0.4 is 5.73 Å². The van der Waals surface area contributed by atoms with Gasteiger partial charge in [-0.1, -0.05) is 6.07 Å². The van der Waals surface area contributed by atoms with E-state index >= 15 is 0 Å². The number of hydrogen-bond acceptors (Lipinski definition) is 5. The molecule has 90 valence electrons. The molecule has 0 aliphatic heterocycles. The van der Waals surface area contributed by atoms with Crippen molar-refractivity contribution in [3.63, 3.8) is 0 Å². The molecule has 0 saturated heterocycles. The van der Waals surface area contributed by atoms with Gasteiger partial charge in [0.1, 0.15) is 11.8 Å². The molecule has 18 heavy (non-hydrogen) atoms. The highest BCUT2D eigenvalue weighted by Gasteiger charge is 2.11. The van der Waals surface area contributed by atoms with E-state index < -0.39 is 10.8 Å². The molecule has 0 bridgehead atoms. The molecule has 1 unspecified atom stereocenters. The predicted molar refractivity (Wildman–Crippen MR) is 67.7 cm³/mol. The predicted octanol–water partition coefficient (Wildman–Crippen LogP) is 1.24. The lowest BCUT2D eigenvalue weighted by atomic mass is 10.2. The topological polar surface area (TPSA) is 92.7 Å². The van der Waals surface area contributed by atoms with Crippen molar-refractivity contribution in [2.75, 3.05) is 5.73 Å². The highest BCUT2D eigenvalue weighted by molar-refractivity contribution is 7.84. The van der Waals surface area contributed by atoms with Gasteiger partial charge in [-0.15, -0.1) is 0 Å². The lowest BCUT2D eigenvalue weighted by Crippen LogP contribution is -2.03. The average molecular weight is 258 g/mol. The minimum atomic E-state index is -1.31. The first-order valence-electron chi connectivity index (χ1n) is 5.14. The molecule has 0 radical (unpaired) electrons. The van der Waals surface area contributed by atoms with Gasteiger partial charge < -0.3 is 5.73 Å². The van der Waals surface area contributed by atoms with Gasteiger partial charge in [-0.3, -0.25) is 9.19 Å². The number of hydrogen-bond donors (Lipinski definition) is 1. The average Bonchev–Trinajstić information content (AvgIpc) is 2.39. The summed E-state index contributed by atoms with van der Waals surface area (Å²) in [6.07, 6.45) is 4.53. The molecular formula is C12H10N4OS. The Morgan fingerprint density at radius 1 is 1.39 bits per heavy atom. The van der Waals surface area contributed by atoms with Gasteiger partial charge >= 0.3 is 0 Å². The van der Waals surface area contributed by atoms with Crippen LogP contribution in [0, 0.1) is 11.3 Å². The molecule has 1 atom stereocenters. The Bertz CT molecular complexity index is 636. The van der Waals surface area contributed by atoms with Crippen molar-refractivity contribution < 1.29 is 4.21 Å². The van der Waals surface area contributed by atoms with Crippen LogP contribution >= 0.6 is 0 Å². The van der Waals surface area contributed by atoms with E-state index in [1.54, 1.807) is 18.2 Å². The van der Waals surface area contributed by atoms with Crippen LogP contribution in [0.3, 0.4) is 0 Å². The van der Waals surface area contributed by atoms with E-state index in [4.69, 9.17) is 11.0 Å². The second-order valence-corrected chi connectivity index (χ2v) is 4.95. The molecule has 2 rings (SSSR count). The number of aromatic nitrogens is 2. The SMILES string of the molecule is N#Cc1ncccc1CS(=O)c1ccncc1N. The molecule has 0 aliphatic rings. The first kappa shape index (κ1) is 12.2. The van der Waals surface area contributed by atoms with Gasteiger partial charge in [-0.05, 0) is 12.1 Å². The van der Waals surface area contributed by atoms with E-state index in [0.717, 1.165) is 0 Å². The number of nitrogens with two attached hydrogens (primary N) is 1. The van der Waals surface area contributed by atoms with E-state index in [2.05, 4.69) is 9.97 Å². The van der Waals surface area contributed by atoms with Crippen molar-refractivity contribution in [3.05, 3.63) is 48.0 Å². The molecule has 0 amide bonds. The summed E-state index contributed by atoms with van der Waals surface area (Å²) in [5, 5.41) is 8.91. The molecule has 0 saturated carbocycles. The fourth-order valence-corrected chi connectivity index (χ4v) is 2.68. The van der Waals surface area contributed by atoms with E-state index in [1.165, 1.54) is 18.6 Å². The molecule has 0 fully saturated rings. The lowest BCUT2D eigenvalue weighted by molar-refractivity contribution is 0.682. The zero-order chi connectivity index (χ0) is 13.0. The minimum absolute atomic E-state index is 0.213. The first-order chi connectivity index (χ1) is 8.72. The van der Waals surface area contributed by atoms with Crippen molar-refractivity contribution in [1.29, 1.82) is 5.26 Å². The summed E-state index contributed by atoms with van der Waals surface area (Å²) < 4.78 is 12.2. The highest BCUT2D eigenvalue weighted by Crippen LogP contribution is 2.18. The summed E-state index contributed by atoms with van der Waals surface area (Å²) >= 11 is 0. The third-order valence-electron chi connectivity index (χ3n) is 2.34. The van der Waals surface area contributed by atoms with E-state index in [0.29, 0.717) is 21.8 Å². The van der Waals surface area contributed by atoms with Crippen LogP contribution in [0.25, 0.3) is 0 Å². The summed E-state index contributed by atoms with van der Waals surface area (Å²) in [5.41, 5.74) is 7.03. The van der Waals surface area contributed by atoms with Crippen LogP contribution in [0.15, 0.2) is 41.7 Å². The Morgan fingerprint density at radius 3 is 2.94 bits per heavy atom. The molecule has 2 heterocycles. The third-order valence-corrected chi connectivity index (χ3v) is 3.77. The summed E-state index contributed by atoms with van der Waals surface area (Å²) in [7, 11) is -1.31. The number of nitrogen functional groups attached to an aromatic ring is 1. The largest absolute Gasteiger partial charge is 0.396 e. The maximum atomic E-state index is 12.2. The Morgan fingerprint density at radius 2 is 2.22 bits per heavy atom. The fourth-order valence-electron chi connectivity index (χ4n) is 1.48. The maximum Gasteiger partial charge on any atom is 0.144 e. The summed E-state index contributed by atoms with van der Waals surface area (Å²) in [5.74, 6) is 0.213. The van der Waals surface area contributed by atoms with Crippen molar-refractivity contribution >= 4 is 16.5 Å². The third kappa shape index (κ3) is 2.52. The lowest BCUT2D eigenvalue weighted by Gasteiger charge is -2.05. The Kier molecular flexibility index (Phi) is 3.65. The van der Waals surface area contributed by atoms with E-state index in [9.17, 15) is 4.21 Å². The van der Waals surface area contributed by atoms with Crippen LogP contribution in [0.4, 0.5) is 5.69 Å². The standard InChI is InChI=1S/C12H10N4OS/c13-6-11-9(2-1-4-16-11)8-18(17)12-3-5-15-7-10(12)14/h1-5,7H,8,14H2. The first-order valence-corrected chi connectivity index (χ1v) is 6.46. The quantitative estimate of drug-likeness (QED) is 0.894. The van der Waals surface area contributed by atoms with Crippen molar-refractivity contribution in [2.45, 2.75) is 10.6 Å². The van der Waals surface area contributed by atoms with Gasteiger partial charge in [0.05, 0.1) is 33.3 Å². The summed E-state index contributed by atoms with van der Waals surface area (Å²) in [4.78, 5) is 8.30. The number of nitrogens with zero attached hydrogens (tertiary/aromatic N) is 3. The second kappa shape index (κ2) is 5.38. The van der Waals surface area contributed by atoms with Gasteiger partial charge in [0, 0.05) is 18.0 Å². The Balaban J connectivity index is 2.28. The monoisotopic (exact) mass is 258 g/mol. The maximum absolute atomic E-state index is 12.2. The molecule has 0 aromatic carbocycles. The molecule has 2 aromatic rings. The molecule has 0 aliphatic carbocycles. The van der Waals surface area contributed by atoms with Gasteiger partial charge in [-0.2, -0.15) is 5.26 Å². The van der Waals surface area contributed by atoms with E-state index in [-0.39, 0.29) is 5.75 Å². The van der Waals surface area contributed by atoms with Crippen LogP contribution in [0.2, 0.25) is 0 Å². The fraction of sp³-hybridized carbons (Fsp3) is 0.0833. The number of pyridine rings is 2. The summed E-state index contributed by atoms with van der Waals surface area (Å²) in [6, 6.07) is 7.05. The highest BCUT2D eigenvalue weighted by atomic mass is 32.2. The van der Waals surface area contributed by atoms with Crippen LogP contribution in [-0.4, -0.2) is 14.2 Å². The molecule has 0 spiro atoms. The molecular weight excluding hydrogens is 248 g/mol. The van der Waals surface area contributed by atoms with Gasteiger partial charge in [0.25, 0.3) is 0 Å². The van der Waals surface area contributed by atoms with Crippen LogP contribution in [0.5, 0.6) is 0 Å². The van der Waals surface area contributed by atoms with Gasteiger partial charge in [0.2, 0.25) is 0 Å². The Hall–Kier alpha value is -2.26. The molecule has 2 N–H and O–H groups in total. The molecule has 5 nitrogen and oxygen atoms in total. The zero-order valence-electron chi connectivity index (χ0n) is 9.41. The van der Waals surface area contributed by atoms with Crippen LogP contribution in [-0.2, 0) is 16.6 Å². The normalized spacial score (nSPS) is 11.7. The smallest absolute Gasteiger partial charge is 0.144 e. The zero-order valence-corrected chi connectivity index (χ0v) is 10.2. The number of rotatable bonds is 3. The minimum Gasteiger partial charge on any atom is -0.396 e. The van der Waals surface area contributed by atoms with Crippen molar-refractivity contribution in [2.24, 2.45) is 0 Å². The van der Waals surface area contributed by atoms with E-state index in [1.807, 2.05) is 6.07 Å². The second-order valence-electron chi connectivity index (χ2n) is 3.53. The molecule has 2 aromatic heterocycles. The van der Waals surface area contributed by atoms with Gasteiger partial charge in [0.15, 0.2) is 0 Å². The van der Waals surface area contributed by atoms with Crippen molar-refractivity contribution in [3.8, 4) is 6.07 Å². The van der Waals surface area contributed by atoms with Gasteiger partial charge in [-0.25, -0.2) is 4.98 Å². The number of nitriles is 1.